The van der Waals surface area contributed by atoms with Gasteiger partial charge in [0.15, 0.2) is 0 Å². The lowest BCUT2D eigenvalue weighted by molar-refractivity contribution is -0.138. The number of thioether (sulfide) groups is 1. The van der Waals surface area contributed by atoms with Crippen molar-refractivity contribution in [3.05, 3.63) is 65.6 Å². The average Bonchev–Trinajstić information content (AvgIpc) is 2.78. The van der Waals surface area contributed by atoms with Crippen LogP contribution in [0.4, 0.5) is 9.18 Å². The normalized spacial score (nSPS) is 16.0. The predicted molar refractivity (Wildman–Crippen MR) is 120 cm³/mol. The molecule has 0 bridgehead atoms. The van der Waals surface area contributed by atoms with Crippen LogP contribution in [-0.4, -0.2) is 40.6 Å². The Morgan fingerprint density at radius 1 is 1.12 bits per heavy atom. The Labute approximate surface area is 188 Å². The number of nitrogens with one attached hydrogen (secondary N) is 2. The maximum atomic E-state index is 13.3. The van der Waals surface area contributed by atoms with Crippen LogP contribution < -0.4 is 10.6 Å². The molecule has 0 radical (unpaired) electrons. The second-order valence-electron chi connectivity index (χ2n) is 7.13. The Morgan fingerprint density at radius 2 is 1.84 bits per heavy atom. The molecule has 2 N–H and O–H groups in total. The first-order valence-corrected chi connectivity index (χ1v) is 11.1. The van der Waals surface area contributed by atoms with Gasteiger partial charge in [-0.25, -0.2) is 14.0 Å². The molecule has 2 heterocycles. The van der Waals surface area contributed by atoms with E-state index in [1.165, 1.54) is 23.9 Å². The quantitative estimate of drug-likeness (QED) is 0.433. The van der Waals surface area contributed by atoms with Crippen LogP contribution in [0.25, 0.3) is 22.0 Å². The highest BCUT2D eigenvalue weighted by Gasteiger charge is 2.29. The van der Waals surface area contributed by atoms with Gasteiger partial charge in [-0.1, -0.05) is 36.0 Å². The van der Waals surface area contributed by atoms with E-state index in [2.05, 4.69) is 20.8 Å². The Bertz CT molecular complexity index is 1210. The van der Waals surface area contributed by atoms with Gasteiger partial charge in [-0.15, -0.1) is 10.2 Å². The lowest BCUT2D eigenvalue weighted by Gasteiger charge is -2.26. The number of carbonyl (C=O) groups excluding carboxylic acids is 2. The van der Waals surface area contributed by atoms with Crippen LogP contribution in [-0.2, 0) is 9.53 Å². The molecule has 4 rings (SSSR count). The molecule has 0 fully saturated rings. The van der Waals surface area contributed by atoms with Crippen molar-refractivity contribution in [2.24, 2.45) is 0 Å². The molecule has 32 heavy (non-hydrogen) atoms. The zero-order valence-electron chi connectivity index (χ0n) is 17.5. The van der Waals surface area contributed by atoms with E-state index in [-0.39, 0.29) is 18.5 Å². The lowest BCUT2D eigenvalue weighted by atomic mass is 10.1. The minimum atomic E-state index is -0.470. The number of hydrogen-bond acceptors (Lipinski definition) is 6. The van der Waals surface area contributed by atoms with Gasteiger partial charge in [0.1, 0.15) is 16.5 Å². The molecule has 1 aromatic heterocycles. The molecule has 7 nitrogen and oxygen atoms in total. The van der Waals surface area contributed by atoms with Gasteiger partial charge < -0.3 is 15.4 Å². The third kappa shape index (κ3) is 4.43. The largest absolute Gasteiger partial charge is 0.463 e. The number of urea groups is 1. The van der Waals surface area contributed by atoms with Crippen molar-refractivity contribution >= 4 is 34.5 Å². The first-order valence-electron chi connectivity index (χ1n) is 10.1. The van der Waals surface area contributed by atoms with Crippen LogP contribution in [0.2, 0.25) is 0 Å². The number of aromatic nitrogens is 2. The maximum Gasteiger partial charge on any atom is 0.337 e. The van der Waals surface area contributed by atoms with E-state index in [0.717, 1.165) is 16.3 Å². The molecular weight excluding hydrogens is 431 g/mol. The Morgan fingerprint density at radius 3 is 2.56 bits per heavy atom. The van der Waals surface area contributed by atoms with Gasteiger partial charge in [0.05, 0.1) is 18.2 Å². The molecule has 0 spiro atoms. The van der Waals surface area contributed by atoms with E-state index in [0.29, 0.717) is 27.7 Å². The number of benzene rings is 2. The molecule has 9 heteroatoms. The minimum Gasteiger partial charge on any atom is -0.463 e. The summed E-state index contributed by atoms with van der Waals surface area (Å²) in [5, 5.41) is 16.6. The van der Waals surface area contributed by atoms with Gasteiger partial charge in [-0.2, -0.15) is 0 Å². The summed E-state index contributed by atoms with van der Waals surface area (Å²) < 4.78 is 18.5. The molecule has 2 aromatic carbocycles. The monoisotopic (exact) mass is 452 g/mol. The fourth-order valence-corrected chi connectivity index (χ4v) is 4.48. The fourth-order valence-electron chi connectivity index (χ4n) is 3.54. The van der Waals surface area contributed by atoms with Gasteiger partial charge in [0, 0.05) is 27.8 Å². The second kappa shape index (κ2) is 9.35. The zero-order chi connectivity index (χ0) is 22.7. The zero-order valence-corrected chi connectivity index (χ0v) is 18.3. The number of fused-ring (bicyclic) bond motifs is 1. The number of nitrogens with zero attached hydrogens (tertiary/aromatic N) is 2. The number of esters is 1. The summed E-state index contributed by atoms with van der Waals surface area (Å²) in [6, 6.07) is 12.9. The van der Waals surface area contributed by atoms with Crippen LogP contribution in [0.15, 0.2) is 64.8 Å². The topological polar surface area (TPSA) is 93.2 Å². The van der Waals surface area contributed by atoms with Crippen molar-refractivity contribution in [3.8, 4) is 11.3 Å². The van der Waals surface area contributed by atoms with E-state index < -0.39 is 12.0 Å². The standard InChI is InChI=1S/C23H21FN4O3S/c1-3-31-22(29)19-13(2)25-23(30)26-18(19)12-32-21-17-7-5-4-6-16(17)20(27-28-21)14-8-10-15(24)11-9-14/h4-11,13H,3,12H2,1-2H3,(H2,25,26,30)/t13-/m0/s1. The number of hydrogen-bond donors (Lipinski definition) is 2. The molecule has 1 aliphatic rings. The number of halogens is 1. The summed E-state index contributed by atoms with van der Waals surface area (Å²) in [5.74, 6) is -0.478. The van der Waals surface area contributed by atoms with E-state index in [4.69, 9.17) is 4.74 Å². The summed E-state index contributed by atoms with van der Waals surface area (Å²) in [6.07, 6.45) is 0. The van der Waals surface area contributed by atoms with Gasteiger partial charge in [0.25, 0.3) is 0 Å². The third-order valence-corrected chi connectivity index (χ3v) is 6.00. The summed E-state index contributed by atoms with van der Waals surface area (Å²) >= 11 is 1.36. The first kappa shape index (κ1) is 21.8. The van der Waals surface area contributed by atoms with Crippen molar-refractivity contribution in [3.63, 3.8) is 0 Å². The highest BCUT2D eigenvalue weighted by molar-refractivity contribution is 7.99. The SMILES string of the molecule is CCOC(=O)C1=C(CSc2nnc(-c3ccc(F)cc3)c3ccccc23)NC(=O)N[C@H]1C. The summed E-state index contributed by atoms with van der Waals surface area (Å²) in [5.41, 5.74) is 2.29. The highest BCUT2D eigenvalue weighted by Crippen LogP contribution is 2.33. The smallest absolute Gasteiger partial charge is 0.337 e. The van der Waals surface area contributed by atoms with E-state index in [1.54, 1.807) is 26.0 Å². The van der Waals surface area contributed by atoms with Crippen LogP contribution in [0.1, 0.15) is 13.8 Å². The summed E-state index contributed by atoms with van der Waals surface area (Å²) in [7, 11) is 0. The van der Waals surface area contributed by atoms with E-state index in [1.807, 2.05) is 24.3 Å². The molecule has 0 unspecified atom stereocenters. The minimum absolute atomic E-state index is 0.240. The molecule has 0 saturated carbocycles. The average molecular weight is 453 g/mol. The van der Waals surface area contributed by atoms with Gasteiger partial charge in [0.2, 0.25) is 0 Å². The number of ether oxygens (including phenoxy) is 1. The van der Waals surface area contributed by atoms with Crippen molar-refractivity contribution in [1.29, 1.82) is 0 Å². The second-order valence-corrected chi connectivity index (χ2v) is 8.09. The summed E-state index contributed by atoms with van der Waals surface area (Å²) in [4.78, 5) is 24.4. The molecule has 1 aliphatic heterocycles. The van der Waals surface area contributed by atoms with Crippen LogP contribution in [0.5, 0.6) is 0 Å². The number of carbonyl (C=O) groups is 2. The Hall–Kier alpha value is -3.46. The van der Waals surface area contributed by atoms with Crippen molar-refractivity contribution in [1.82, 2.24) is 20.8 Å². The van der Waals surface area contributed by atoms with Crippen LogP contribution in [0.3, 0.4) is 0 Å². The van der Waals surface area contributed by atoms with Crippen LogP contribution in [0, 0.1) is 5.82 Å². The Kier molecular flexibility index (Phi) is 6.36. The molecule has 0 saturated heterocycles. The van der Waals surface area contributed by atoms with Gasteiger partial charge in [-0.3, -0.25) is 0 Å². The van der Waals surface area contributed by atoms with Crippen LogP contribution >= 0.6 is 11.8 Å². The highest BCUT2D eigenvalue weighted by atomic mass is 32.2. The van der Waals surface area contributed by atoms with Crippen molar-refractivity contribution < 1.29 is 18.7 Å². The molecule has 2 amide bonds. The molecule has 3 aromatic rings. The number of rotatable bonds is 6. The predicted octanol–water partition coefficient (Wildman–Crippen LogP) is 4.05. The van der Waals surface area contributed by atoms with E-state index >= 15 is 0 Å². The Balaban J connectivity index is 1.68. The summed E-state index contributed by atoms with van der Waals surface area (Å²) in [6.45, 7) is 3.71. The van der Waals surface area contributed by atoms with Gasteiger partial charge >= 0.3 is 12.0 Å². The van der Waals surface area contributed by atoms with Gasteiger partial charge in [-0.05, 0) is 38.1 Å². The lowest BCUT2D eigenvalue weighted by Crippen LogP contribution is -2.49. The van der Waals surface area contributed by atoms with E-state index in [9.17, 15) is 14.0 Å². The first-order chi connectivity index (χ1) is 15.5. The maximum absolute atomic E-state index is 13.3. The molecule has 164 valence electrons. The number of amides is 2. The van der Waals surface area contributed by atoms with Crippen molar-refractivity contribution in [2.45, 2.75) is 24.9 Å². The molecule has 1 atom stereocenters. The molecular formula is C23H21FN4O3S. The third-order valence-electron chi connectivity index (χ3n) is 4.99. The van der Waals surface area contributed by atoms with Crippen molar-refractivity contribution in [2.75, 3.05) is 12.4 Å². The molecule has 0 aliphatic carbocycles. The fraction of sp³-hybridized carbons (Fsp3) is 0.217.